The van der Waals surface area contributed by atoms with Crippen LogP contribution in [0, 0.1) is 0 Å². The van der Waals surface area contributed by atoms with Crippen LogP contribution in [0.3, 0.4) is 0 Å². The van der Waals surface area contributed by atoms with Crippen LogP contribution in [0.5, 0.6) is 0 Å². The van der Waals surface area contributed by atoms with Gasteiger partial charge in [-0.1, -0.05) is 0 Å². The molecule has 0 radical (unpaired) electrons. The SMILES string of the molecule is Cn1c[n+]([C@@H]2O[C@H](CO)[C@@H](O)[C@H]2O)c2c1C(O)(S(=O)(=O)O)N=C(N)N2. The molecule has 2 aliphatic rings. The first kappa shape index (κ1) is 18.0. The fourth-order valence-electron chi connectivity index (χ4n) is 2.95. The van der Waals surface area contributed by atoms with Crippen LogP contribution in [-0.4, -0.2) is 68.8 Å². The number of hydrogen-bond acceptors (Lipinski definition) is 10. The molecule has 8 N–H and O–H groups in total. The van der Waals surface area contributed by atoms with Gasteiger partial charge in [-0.05, 0) is 0 Å². The first-order valence-electron chi connectivity index (χ1n) is 7.06. The van der Waals surface area contributed by atoms with E-state index in [-0.39, 0.29) is 11.5 Å². The fourth-order valence-corrected chi connectivity index (χ4v) is 3.65. The molecule has 14 heteroatoms. The van der Waals surface area contributed by atoms with Crippen molar-refractivity contribution in [3.63, 3.8) is 0 Å². The summed E-state index contributed by atoms with van der Waals surface area (Å²) in [6, 6.07) is 0. The maximum Gasteiger partial charge on any atom is 0.353 e. The maximum absolute atomic E-state index is 11.7. The molecule has 1 aromatic heterocycles. The number of nitrogens with one attached hydrogen (secondary N) is 1. The van der Waals surface area contributed by atoms with Gasteiger partial charge in [-0.3, -0.25) is 9.12 Å². The van der Waals surface area contributed by atoms with Crippen LogP contribution in [0.1, 0.15) is 11.9 Å². The summed E-state index contributed by atoms with van der Waals surface area (Å²) in [7, 11) is -3.77. The molecule has 1 fully saturated rings. The Kier molecular flexibility index (Phi) is 4.03. The number of ether oxygens (including phenoxy) is 1. The Labute approximate surface area is 141 Å². The van der Waals surface area contributed by atoms with Crippen molar-refractivity contribution in [3.8, 4) is 0 Å². The number of rotatable bonds is 3. The van der Waals surface area contributed by atoms with Crippen molar-refractivity contribution in [3.05, 3.63) is 12.0 Å². The molecule has 140 valence electrons. The molecule has 1 aromatic rings. The number of nitrogens with two attached hydrogens (primary N) is 1. The normalized spacial score (nSPS) is 35.2. The van der Waals surface area contributed by atoms with Crippen LogP contribution in [-0.2, 0) is 27.0 Å². The number of guanidine groups is 1. The number of aliphatic imine (C=N–C) groups is 1. The first-order valence-corrected chi connectivity index (χ1v) is 8.50. The highest BCUT2D eigenvalue weighted by Crippen LogP contribution is 2.37. The van der Waals surface area contributed by atoms with E-state index < -0.39 is 52.3 Å². The van der Waals surface area contributed by atoms with E-state index in [4.69, 9.17) is 10.5 Å². The third kappa shape index (κ3) is 2.50. The maximum atomic E-state index is 11.7. The second kappa shape index (κ2) is 5.60. The van der Waals surface area contributed by atoms with Gasteiger partial charge in [0, 0.05) is 0 Å². The van der Waals surface area contributed by atoms with Gasteiger partial charge in [-0.25, -0.2) is 9.88 Å². The summed E-state index contributed by atoms with van der Waals surface area (Å²) in [6.45, 7) is -0.559. The number of aryl methyl sites for hydroxylation is 1. The van der Waals surface area contributed by atoms with E-state index >= 15 is 0 Å². The Morgan fingerprint density at radius 1 is 1.48 bits per heavy atom. The van der Waals surface area contributed by atoms with Gasteiger partial charge in [0.15, 0.2) is 6.33 Å². The quantitative estimate of drug-likeness (QED) is 0.198. The summed E-state index contributed by atoms with van der Waals surface area (Å²) in [5.74, 6) is -0.649. The largest absolute Gasteiger partial charge is 0.394 e. The highest BCUT2D eigenvalue weighted by molar-refractivity contribution is 7.86. The van der Waals surface area contributed by atoms with E-state index in [0.717, 1.165) is 9.13 Å². The lowest BCUT2D eigenvalue weighted by Gasteiger charge is -2.23. The number of fused-ring (bicyclic) bond motifs is 1. The van der Waals surface area contributed by atoms with Crippen molar-refractivity contribution < 1.29 is 42.7 Å². The number of aliphatic hydroxyl groups is 4. The van der Waals surface area contributed by atoms with Gasteiger partial charge >= 0.3 is 15.2 Å². The van der Waals surface area contributed by atoms with Gasteiger partial charge in [0.1, 0.15) is 18.3 Å². The number of hydrogen-bond donors (Lipinski definition) is 7. The minimum atomic E-state index is -5.12. The number of imidazole rings is 1. The van der Waals surface area contributed by atoms with E-state index in [0.29, 0.717) is 0 Å². The molecule has 1 unspecified atom stereocenters. The van der Waals surface area contributed by atoms with Crippen molar-refractivity contribution in [2.75, 3.05) is 11.9 Å². The molecule has 0 aliphatic carbocycles. The zero-order valence-electron chi connectivity index (χ0n) is 12.9. The van der Waals surface area contributed by atoms with Crippen LogP contribution < -0.4 is 15.6 Å². The third-order valence-electron chi connectivity index (χ3n) is 4.11. The van der Waals surface area contributed by atoms with E-state index in [1.54, 1.807) is 0 Å². The zero-order valence-corrected chi connectivity index (χ0v) is 13.7. The molecular formula is C11H18N5O8S+. The highest BCUT2D eigenvalue weighted by Gasteiger charge is 2.56. The summed E-state index contributed by atoms with van der Waals surface area (Å²) in [4.78, 5) is 3.37. The second-order valence-corrected chi connectivity index (χ2v) is 7.28. The lowest BCUT2D eigenvalue weighted by Crippen LogP contribution is -2.50. The minimum Gasteiger partial charge on any atom is -0.394 e. The van der Waals surface area contributed by atoms with Crippen LogP contribution in [0.25, 0.3) is 0 Å². The predicted molar refractivity (Wildman–Crippen MR) is 79.3 cm³/mol. The topological polar surface area (TPSA) is 204 Å². The number of aliphatic hydroxyl groups excluding tert-OH is 3. The second-order valence-electron chi connectivity index (χ2n) is 5.77. The van der Waals surface area contributed by atoms with E-state index in [1.165, 1.54) is 13.4 Å². The highest BCUT2D eigenvalue weighted by atomic mass is 32.2. The summed E-state index contributed by atoms with van der Waals surface area (Å²) in [5.41, 5.74) is 5.12. The fraction of sp³-hybridized carbons (Fsp3) is 0.636. The van der Waals surface area contributed by atoms with Gasteiger partial charge in [-0.15, -0.1) is 0 Å². The van der Waals surface area contributed by atoms with Crippen molar-refractivity contribution in [2.45, 2.75) is 29.6 Å². The zero-order chi connectivity index (χ0) is 18.7. The Bertz CT molecular complexity index is 838. The molecule has 3 rings (SSSR count). The minimum absolute atomic E-state index is 0.134. The van der Waals surface area contributed by atoms with Gasteiger partial charge in [-0.2, -0.15) is 13.4 Å². The smallest absolute Gasteiger partial charge is 0.353 e. The number of anilines is 1. The van der Waals surface area contributed by atoms with E-state index in [2.05, 4.69) is 10.3 Å². The Morgan fingerprint density at radius 2 is 2.12 bits per heavy atom. The van der Waals surface area contributed by atoms with E-state index in [1.807, 2.05) is 0 Å². The molecule has 25 heavy (non-hydrogen) atoms. The molecule has 0 aromatic carbocycles. The third-order valence-corrected chi connectivity index (χ3v) is 5.11. The molecule has 0 bridgehead atoms. The molecule has 2 aliphatic heterocycles. The lowest BCUT2D eigenvalue weighted by molar-refractivity contribution is -0.753. The molecule has 5 atom stereocenters. The van der Waals surface area contributed by atoms with Crippen LogP contribution >= 0.6 is 0 Å². The summed E-state index contributed by atoms with van der Waals surface area (Å²) in [5, 5.41) is 39.1. The molecule has 0 saturated carbocycles. The summed E-state index contributed by atoms with van der Waals surface area (Å²) < 4.78 is 40.4. The standard InChI is InChI=1S/C11H17N5O8S/c1-15-3-16(9-6(19)5(18)4(2-17)24-9)8-7(15)11(20,25(21,22)23)14-10(12)13-8/h3-6,9,17-20H,2H2,1H3,(H3-,12,13,14,21,22,23)/p+1/t4-,5-,6-,9-,11?/m1/s1. The molecule has 0 spiro atoms. The lowest BCUT2D eigenvalue weighted by atomic mass is 10.1. The molecule has 13 nitrogen and oxygen atoms in total. The molecule has 1 saturated heterocycles. The van der Waals surface area contributed by atoms with Gasteiger partial charge in [0.05, 0.1) is 13.7 Å². The van der Waals surface area contributed by atoms with Gasteiger partial charge < -0.3 is 30.9 Å². The van der Waals surface area contributed by atoms with Crippen LogP contribution in [0.2, 0.25) is 0 Å². The van der Waals surface area contributed by atoms with Crippen LogP contribution in [0.4, 0.5) is 5.82 Å². The Hall–Kier alpha value is -1.81. The van der Waals surface area contributed by atoms with Crippen LogP contribution in [0.15, 0.2) is 11.3 Å². The molecule has 3 heterocycles. The van der Waals surface area contributed by atoms with Crippen molar-refractivity contribution in [1.82, 2.24) is 4.57 Å². The number of aromatic nitrogens is 2. The monoisotopic (exact) mass is 380 g/mol. The summed E-state index contributed by atoms with van der Waals surface area (Å²) in [6.07, 6.45) is -3.92. The van der Waals surface area contributed by atoms with Crippen molar-refractivity contribution >= 4 is 21.9 Å². The van der Waals surface area contributed by atoms with Gasteiger partial charge in [0.25, 0.3) is 11.8 Å². The first-order chi connectivity index (χ1) is 11.5. The van der Waals surface area contributed by atoms with Crippen molar-refractivity contribution in [2.24, 2.45) is 17.8 Å². The molecule has 0 amide bonds. The van der Waals surface area contributed by atoms with Crippen molar-refractivity contribution in [1.29, 1.82) is 0 Å². The Morgan fingerprint density at radius 3 is 2.64 bits per heavy atom. The predicted octanol–water partition coefficient (Wildman–Crippen LogP) is -4.35. The van der Waals surface area contributed by atoms with Gasteiger partial charge in [0.2, 0.25) is 11.9 Å². The average molecular weight is 380 g/mol. The van der Waals surface area contributed by atoms with E-state index in [9.17, 15) is 33.4 Å². The summed E-state index contributed by atoms with van der Waals surface area (Å²) >= 11 is 0. The number of nitrogens with zero attached hydrogens (tertiary/aromatic N) is 3. The average Bonchev–Trinajstić information content (AvgIpc) is 2.96. The molecular weight excluding hydrogens is 362 g/mol. The Balaban J connectivity index is 2.16.